The molecule has 1 atom stereocenters. The van der Waals surface area contributed by atoms with Crippen LogP contribution in [0.3, 0.4) is 0 Å². The molecule has 1 fully saturated rings. The van der Waals surface area contributed by atoms with Gasteiger partial charge in [0.25, 0.3) is 0 Å². The molecule has 2 aromatic rings. The first-order valence-corrected chi connectivity index (χ1v) is 9.94. The van der Waals surface area contributed by atoms with Crippen molar-refractivity contribution in [2.45, 2.75) is 18.7 Å². The number of benzene rings is 2. The van der Waals surface area contributed by atoms with E-state index < -0.39 is 16.1 Å². The third-order valence-electron chi connectivity index (χ3n) is 4.31. The number of carbonyl (C=O) groups excluding carboxylic acids is 1. The highest BCUT2D eigenvalue weighted by atomic mass is 35.5. The predicted molar refractivity (Wildman–Crippen MR) is 97.7 cm³/mol. The minimum atomic E-state index is -3.66. The summed E-state index contributed by atoms with van der Waals surface area (Å²) in [4.78, 5) is 12.4. The van der Waals surface area contributed by atoms with E-state index in [0.717, 1.165) is 11.1 Å². The fourth-order valence-electron chi connectivity index (χ4n) is 2.96. The van der Waals surface area contributed by atoms with E-state index in [4.69, 9.17) is 11.6 Å². The fourth-order valence-corrected chi connectivity index (χ4v) is 4.88. The molecule has 1 N–H and O–H groups in total. The van der Waals surface area contributed by atoms with E-state index in [1.165, 1.54) is 4.31 Å². The van der Waals surface area contributed by atoms with Crippen LogP contribution in [0.15, 0.2) is 48.5 Å². The van der Waals surface area contributed by atoms with Gasteiger partial charge in [-0.25, -0.2) is 8.42 Å². The van der Waals surface area contributed by atoms with Crippen molar-refractivity contribution in [3.63, 3.8) is 0 Å². The number of nitrogens with one attached hydrogen (secondary N) is 1. The largest absolute Gasteiger partial charge is 0.353 e. The third-order valence-corrected chi connectivity index (χ3v) is 6.35. The van der Waals surface area contributed by atoms with Crippen molar-refractivity contribution in [3.05, 3.63) is 70.2 Å². The van der Waals surface area contributed by atoms with Crippen LogP contribution in [0.4, 0.5) is 0 Å². The maximum atomic E-state index is 13.0. The van der Waals surface area contributed by atoms with Crippen LogP contribution in [0.1, 0.15) is 22.7 Å². The number of hydrogen-bond acceptors (Lipinski definition) is 3. The molecule has 2 aromatic carbocycles. The summed E-state index contributed by atoms with van der Waals surface area (Å²) in [7, 11) is -3.66. The Balaban J connectivity index is 1.95. The summed E-state index contributed by atoms with van der Waals surface area (Å²) in [6.45, 7) is 2.42. The molecule has 1 aliphatic heterocycles. The molecule has 0 saturated carbocycles. The molecule has 1 amide bonds. The fraction of sp³-hybridized carbons (Fsp3) is 0.278. The van der Waals surface area contributed by atoms with E-state index in [2.05, 4.69) is 5.32 Å². The maximum Gasteiger partial charge on any atom is 0.243 e. The van der Waals surface area contributed by atoms with E-state index in [1.54, 1.807) is 30.3 Å². The molecule has 0 aromatic heterocycles. The van der Waals surface area contributed by atoms with E-state index in [9.17, 15) is 13.2 Å². The van der Waals surface area contributed by atoms with E-state index in [1.807, 2.05) is 25.1 Å². The minimum absolute atomic E-state index is 0.128. The zero-order chi connectivity index (χ0) is 18.0. The number of hydrogen-bond donors (Lipinski definition) is 1. The van der Waals surface area contributed by atoms with Crippen LogP contribution in [0.5, 0.6) is 0 Å². The number of halogens is 1. The van der Waals surface area contributed by atoms with Crippen LogP contribution in [0, 0.1) is 6.92 Å². The van der Waals surface area contributed by atoms with E-state index in [0.29, 0.717) is 17.1 Å². The van der Waals surface area contributed by atoms with Crippen molar-refractivity contribution in [1.29, 1.82) is 0 Å². The number of sulfonamides is 1. The molecule has 3 rings (SSSR count). The summed E-state index contributed by atoms with van der Waals surface area (Å²) in [5, 5.41) is 3.28. The van der Waals surface area contributed by atoms with Gasteiger partial charge < -0.3 is 5.32 Å². The van der Waals surface area contributed by atoms with Gasteiger partial charge in [-0.3, -0.25) is 4.79 Å². The number of piperazine rings is 1. The van der Waals surface area contributed by atoms with Crippen LogP contribution in [0.25, 0.3) is 0 Å². The normalized spacial score (nSPS) is 18.8. The maximum absolute atomic E-state index is 13.0. The first kappa shape index (κ1) is 17.9. The van der Waals surface area contributed by atoms with E-state index >= 15 is 0 Å². The Morgan fingerprint density at radius 1 is 1.16 bits per heavy atom. The summed E-state index contributed by atoms with van der Waals surface area (Å²) in [6, 6.07) is 13.2. The molecule has 1 saturated heterocycles. The van der Waals surface area contributed by atoms with Gasteiger partial charge in [-0.2, -0.15) is 4.31 Å². The Hall–Kier alpha value is -1.89. The standard InChI is InChI=1S/C18H19ClN2O3S/c1-13-4-2-3-5-15(13)12-25(23,24)21-11-10-20-18(22)17(21)14-6-8-16(19)9-7-14/h2-9,17H,10-12H2,1H3,(H,20,22). The van der Waals surface area contributed by atoms with Crippen LogP contribution in [-0.2, 0) is 20.6 Å². The smallest absolute Gasteiger partial charge is 0.243 e. The van der Waals surface area contributed by atoms with Gasteiger partial charge >= 0.3 is 0 Å². The van der Waals surface area contributed by atoms with Crippen LogP contribution in [0.2, 0.25) is 5.02 Å². The molecule has 1 unspecified atom stereocenters. The Labute approximate surface area is 152 Å². The molecule has 132 valence electrons. The third kappa shape index (κ3) is 3.86. The molecular formula is C18H19ClN2O3S. The van der Waals surface area contributed by atoms with Gasteiger partial charge in [0.05, 0.1) is 5.75 Å². The molecule has 25 heavy (non-hydrogen) atoms. The molecule has 1 aliphatic rings. The Bertz CT molecular complexity index is 881. The van der Waals surface area contributed by atoms with Crippen molar-refractivity contribution < 1.29 is 13.2 Å². The molecule has 0 aliphatic carbocycles. The summed E-state index contributed by atoms with van der Waals surface area (Å²) in [5.41, 5.74) is 2.26. The van der Waals surface area contributed by atoms with Crippen LogP contribution >= 0.6 is 11.6 Å². The molecule has 5 nitrogen and oxygen atoms in total. The molecule has 7 heteroatoms. The predicted octanol–water partition coefficient (Wildman–Crippen LogP) is 2.65. The Kier molecular flexibility index (Phi) is 5.13. The first-order valence-electron chi connectivity index (χ1n) is 7.96. The number of rotatable bonds is 4. The van der Waals surface area contributed by atoms with Gasteiger partial charge in [0.1, 0.15) is 6.04 Å². The summed E-state index contributed by atoms with van der Waals surface area (Å²) >= 11 is 5.91. The monoisotopic (exact) mass is 378 g/mol. The van der Waals surface area contributed by atoms with Gasteiger partial charge in [0, 0.05) is 18.1 Å². The molecular weight excluding hydrogens is 360 g/mol. The molecule has 0 bridgehead atoms. The number of nitrogens with zero attached hydrogens (tertiary/aromatic N) is 1. The minimum Gasteiger partial charge on any atom is -0.353 e. The summed E-state index contributed by atoms with van der Waals surface area (Å²) in [5.74, 6) is -0.446. The van der Waals surface area contributed by atoms with Gasteiger partial charge in [-0.15, -0.1) is 0 Å². The first-order chi connectivity index (χ1) is 11.9. The molecule has 1 heterocycles. The summed E-state index contributed by atoms with van der Waals surface area (Å²) in [6.07, 6.45) is 0. The van der Waals surface area contributed by atoms with E-state index in [-0.39, 0.29) is 18.2 Å². The van der Waals surface area contributed by atoms with Crippen molar-refractivity contribution in [1.82, 2.24) is 9.62 Å². The topological polar surface area (TPSA) is 66.5 Å². The van der Waals surface area contributed by atoms with Gasteiger partial charge in [0.15, 0.2) is 0 Å². The second-order valence-corrected chi connectivity index (χ2v) is 8.40. The lowest BCUT2D eigenvalue weighted by atomic mass is 10.1. The van der Waals surface area contributed by atoms with Crippen molar-refractivity contribution in [3.8, 4) is 0 Å². The van der Waals surface area contributed by atoms with Gasteiger partial charge in [-0.05, 0) is 35.7 Å². The number of amides is 1. The van der Waals surface area contributed by atoms with Crippen LogP contribution in [-0.4, -0.2) is 31.7 Å². The van der Waals surface area contributed by atoms with Crippen molar-refractivity contribution in [2.24, 2.45) is 0 Å². The van der Waals surface area contributed by atoms with Crippen molar-refractivity contribution >= 4 is 27.5 Å². The van der Waals surface area contributed by atoms with Crippen molar-refractivity contribution in [2.75, 3.05) is 13.1 Å². The second-order valence-electron chi connectivity index (χ2n) is 6.04. The highest BCUT2D eigenvalue weighted by Crippen LogP contribution is 2.29. The average molecular weight is 379 g/mol. The summed E-state index contributed by atoms with van der Waals surface area (Å²) < 4.78 is 27.3. The SMILES string of the molecule is Cc1ccccc1CS(=O)(=O)N1CCNC(=O)C1c1ccc(Cl)cc1. The number of carbonyl (C=O) groups is 1. The number of aryl methyl sites for hydroxylation is 1. The lowest BCUT2D eigenvalue weighted by Crippen LogP contribution is -2.52. The average Bonchev–Trinajstić information content (AvgIpc) is 2.58. The lowest BCUT2D eigenvalue weighted by molar-refractivity contribution is -0.126. The lowest BCUT2D eigenvalue weighted by Gasteiger charge is -2.34. The highest BCUT2D eigenvalue weighted by Gasteiger charge is 2.38. The Morgan fingerprint density at radius 3 is 2.52 bits per heavy atom. The second kappa shape index (κ2) is 7.15. The van der Waals surface area contributed by atoms with Crippen LogP contribution < -0.4 is 5.32 Å². The van der Waals surface area contributed by atoms with Gasteiger partial charge in [0.2, 0.25) is 15.9 Å². The highest BCUT2D eigenvalue weighted by molar-refractivity contribution is 7.88. The van der Waals surface area contributed by atoms with Gasteiger partial charge in [-0.1, -0.05) is 48.0 Å². The quantitative estimate of drug-likeness (QED) is 0.889. The zero-order valence-corrected chi connectivity index (χ0v) is 15.3. The zero-order valence-electron chi connectivity index (χ0n) is 13.8. The molecule has 0 radical (unpaired) electrons. The Morgan fingerprint density at radius 2 is 1.84 bits per heavy atom. The molecule has 0 spiro atoms.